The van der Waals surface area contributed by atoms with Crippen LogP contribution in [0.25, 0.3) is 0 Å². The Morgan fingerprint density at radius 2 is 1.85 bits per heavy atom. The fraction of sp³-hybridized carbons (Fsp3) is 0.632. The number of aliphatic hydroxyl groups is 1. The minimum atomic E-state index is -0.594. The van der Waals surface area contributed by atoms with Crippen molar-refractivity contribution in [3.05, 3.63) is 35.9 Å². The number of carbonyl (C=O) groups is 1. The van der Waals surface area contributed by atoms with Gasteiger partial charge in [-0.25, -0.2) is 0 Å². The molecule has 1 unspecified atom stereocenters. The average Bonchev–Trinajstić information content (AvgIpc) is 3.35. The Bertz CT molecular complexity index is 611. The molecule has 4 N–H and O–H groups in total. The molecule has 7 atom stereocenters. The predicted molar refractivity (Wildman–Crippen MR) is 104 cm³/mol. The molecule has 0 radical (unpaired) electrons. The maximum absolute atomic E-state index is 12.6. The molecule has 3 saturated heterocycles. The van der Waals surface area contributed by atoms with Crippen molar-refractivity contribution >= 4 is 23.0 Å². The number of epoxide rings is 1. The van der Waals surface area contributed by atoms with E-state index < -0.39 is 5.92 Å². The third kappa shape index (κ3) is 3.31. The van der Waals surface area contributed by atoms with Crippen molar-refractivity contribution in [3.63, 3.8) is 0 Å². The number of rotatable bonds is 5. The molecule has 3 aliphatic heterocycles. The molecule has 1 aromatic rings. The van der Waals surface area contributed by atoms with Crippen LogP contribution in [0.2, 0.25) is 0 Å². The van der Waals surface area contributed by atoms with Crippen molar-refractivity contribution in [1.29, 1.82) is 0 Å². The summed E-state index contributed by atoms with van der Waals surface area (Å²) in [7, 11) is 2.31. The topological polar surface area (TPSA) is 94.1 Å². The number of aliphatic hydroxyl groups excluding tert-OH is 1. The minimum Gasteiger partial charge on any atom is -0.461 e. The lowest BCUT2D eigenvalue weighted by molar-refractivity contribution is -0.954. The number of quaternary nitrogens is 1. The summed E-state index contributed by atoms with van der Waals surface area (Å²) in [6.45, 7) is 3.10. The lowest BCUT2D eigenvalue weighted by Gasteiger charge is -2.47. The summed E-state index contributed by atoms with van der Waals surface area (Å²) in [5.74, 6) is -0.904. The van der Waals surface area contributed by atoms with Crippen molar-refractivity contribution in [2.45, 2.75) is 56.1 Å². The lowest BCUT2D eigenvalue weighted by atomic mass is 9.95. The van der Waals surface area contributed by atoms with E-state index in [1.165, 1.54) is 0 Å². The smallest absolute Gasteiger partial charge is 0.316 e. The van der Waals surface area contributed by atoms with Gasteiger partial charge in [-0.1, -0.05) is 30.3 Å². The van der Waals surface area contributed by atoms with Gasteiger partial charge < -0.3 is 25.2 Å². The number of piperidine rings is 1. The fourth-order valence-electron chi connectivity index (χ4n) is 4.87. The summed E-state index contributed by atoms with van der Waals surface area (Å²) in [6.07, 6.45) is 2.37. The molecule has 0 spiro atoms. The number of ether oxygens (including phenoxy) is 2. The Balaban J connectivity index is 0.00000121. The van der Waals surface area contributed by atoms with Crippen molar-refractivity contribution in [2.75, 3.05) is 20.2 Å². The largest absolute Gasteiger partial charge is 0.461 e. The zero-order valence-corrected chi connectivity index (χ0v) is 17.1. The van der Waals surface area contributed by atoms with Crippen molar-refractivity contribution in [1.82, 2.24) is 6.15 Å². The summed E-state index contributed by atoms with van der Waals surface area (Å²) < 4.78 is 12.7. The van der Waals surface area contributed by atoms with Crippen LogP contribution in [-0.4, -0.2) is 66.2 Å². The summed E-state index contributed by atoms with van der Waals surface area (Å²) in [4.78, 5) is 12.6. The van der Waals surface area contributed by atoms with Crippen LogP contribution in [0.4, 0.5) is 0 Å². The second kappa shape index (κ2) is 7.94. The number of carbonyl (C=O) groups excluding carboxylic acids is 1. The van der Waals surface area contributed by atoms with Gasteiger partial charge in [0.2, 0.25) is 0 Å². The van der Waals surface area contributed by atoms with Gasteiger partial charge in [0.1, 0.15) is 36.3 Å². The molecule has 3 aliphatic rings. The molecule has 0 aromatic heterocycles. The molecule has 26 heavy (non-hydrogen) atoms. The fourth-order valence-corrected chi connectivity index (χ4v) is 4.87. The zero-order valence-electron chi connectivity index (χ0n) is 15.4. The number of nitrogens with zero attached hydrogens (tertiary/aromatic N) is 1. The van der Waals surface area contributed by atoms with E-state index in [2.05, 4.69) is 14.0 Å². The highest BCUT2D eigenvalue weighted by molar-refractivity contribution is 8.93. The van der Waals surface area contributed by atoms with Crippen LogP contribution in [0.1, 0.15) is 31.2 Å². The first kappa shape index (κ1) is 21.3. The number of esters is 1. The molecule has 3 heterocycles. The van der Waals surface area contributed by atoms with E-state index in [-0.39, 0.29) is 41.8 Å². The molecule has 146 valence electrons. The van der Waals surface area contributed by atoms with Gasteiger partial charge in [-0.2, -0.15) is 0 Å². The highest BCUT2D eigenvalue weighted by atomic mass is 79.9. The summed E-state index contributed by atoms with van der Waals surface area (Å²) in [5.41, 5.74) is 0.809. The predicted octanol–water partition coefficient (Wildman–Crippen LogP) is 2.19. The van der Waals surface area contributed by atoms with E-state index in [4.69, 9.17) is 9.47 Å². The molecule has 1 aromatic carbocycles. The SMILES string of the molecule is Br.CC[N+]1(C)[C@@H]2C[C@@H](OC(=O)[C@H](CO)c3ccccc3)C[C@H]1[C@@H]1O[C@@H]12.N. The molecule has 0 saturated carbocycles. The second-order valence-electron chi connectivity index (χ2n) is 7.54. The highest BCUT2D eigenvalue weighted by Gasteiger charge is 2.71. The zero-order chi connectivity index (χ0) is 16.9. The number of halogens is 1. The van der Waals surface area contributed by atoms with Crippen LogP contribution in [-0.2, 0) is 14.3 Å². The molecule has 0 amide bonds. The summed E-state index contributed by atoms with van der Waals surface area (Å²) in [5, 5.41) is 9.64. The first-order chi connectivity index (χ1) is 11.6. The Morgan fingerprint density at radius 1 is 1.27 bits per heavy atom. The lowest BCUT2D eigenvalue weighted by Crippen LogP contribution is -2.62. The Kier molecular flexibility index (Phi) is 6.51. The van der Waals surface area contributed by atoms with Crippen molar-refractivity contribution in [2.24, 2.45) is 0 Å². The normalized spacial score (nSPS) is 37.6. The van der Waals surface area contributed by atoms with E-state index in [9.17, 15) is 9.90 Å². The van der Waals surface area contributed by atoms with Gasteiger partial charge in [0.05, 0.1) is 20.2 Å². The van der Waals surface area contributed by atoms with Crippen molar-refractivity contribution < 1.29 is 23.9 Å². The molecular weight excluding hydrogens is 400 g/mol. The van der Waals surface area contributed by atoms with E-state index in [1.54, 1.807) is 0 Å². The first-order valence-corrected chi connectivity index (χ1v) is 8.95. The number of benzene rings is 1. The quantitative estimate of drug-likeness (QED) is 0.424. The van der Waals surface area contributed by atoms with Gasteiger partial charge in [-0.05, 0) is 12.5 Å². The number of hydrogen-bond acceptors (Lipinski definition) is 5. The monoisotopic (exact) mass is 429 g/mol. The molecule has 7 heteroatoms. The number of hydrogen-bond donors (Lipinski definition) is 2. The van der Waals surface area contributed by atoms with Crippen molar-refractivity contribution in [3.8, 4) is 0 Å². The van der Waals surface area contributed by atoms with E-state index in [0.29, 0.717) is 24.3 Å². The number of morpholine rings is 1. The molecular formula is C19H30BrN2O4+. The Hall–Kier alpha value is -0.990. The summed E-state index contributed by atoms with van der Waals surface area (Å²) in [6, 6.07) is 10.2. The third-order valence-corrected chi connectivity index (χ3v) is 6.48. The van der Waals surface area contributed by atoms with E-state index >= 15 is 0 Å². The van der Waals surface area contributed by atoms with Gasteiger partial charge >= 0.3 is 5.97 Å². The molecule has 3 fully saturated rings. The highest BCUT2D eigenvalue weighted by Crippen LogP contribution is 2.52. The average molecular weight is 430 g/mol. The number of likely N-dealkylation sites (N-methyl/N-ethyl adjacent to an activating group) is 1. The molecule has 6 nitrogen and oxygen atoms in total. The first-order valence-electron chi connectivity index (χ1n) is 8.95. The van der Waals surface area contributed by atoms with Crippen LogP contribution in [0.5, 0.6) is 0 Å². The molecule has 0 aliphatic carbocycles. The van der Waals surface area contributed by atoms with Crippen LogP contribution >= 0.6 is 17.0 Å². The van der Waals surface area contributed by atoms with Gasteiger partial charge in [0, 0.05) is 12.8 Å². The minimum absolute atomic E-state index is 0. The van der Waals surface area contributed by atoms with Crippen LogP contribution in [0.3, 0.4) is 0 Å². The van der Waals surface area contributed by atoms with Crippen LogP contribution in [0.15, 0.2) is 30.3 Å². The van der Waals surface area contributed by atoms with Gasteiger partial charge in [-0.3, -0.25) is 4.79 Å². The number of fused-ring (bicyclic) bond motifs is 5. The summed E-state index contributed by atoms with van der Waals surface area (Å²) >= 11 is 0. The van der Waals surface area contributed by atoms with E-state index in [1.807, 2.05) is 30.3 Å². The Morgan fingerprint density at radius 3 is 2.35 bits per heavy atom. The molecule has 4 rings (SSSR count). The maximum atomic E-state index is 12.6. The third-order valence-electron chi connectivity index (χ3n) is 6.48. The van der Waals surface area contributed by atoms with Crippen LogP contribution in [0, 0.1) is 0 Å². The Labute approximate surface area is 165 Å². The second-order valence-corrected chi connectivity index (χ2v) is 7.54. The van der Waals surface area contributed by atoms with E-state index in [0.717, 1.165) is 29.4 Å². The van der Waals surface area contributed by atoms with Gasteiger partial charge in [-0.15, -0.1) is 17.0 Å². The molecule has 2 bridgehead atoms. The van der Waals surface area contributed by atoms with Crippen LogP contribution < -0.4 is 6.15 Å². The standard InChI is InChI=1S/C19H26NO4.BrH.H3N/c1-3-20(2)15-9-13(10-16(20)18-17(15)24-18)23-19(22)14(11-21)12-7-5-4-6-8-12;;/h4-8,13-18,21H,3,9-11H2,1-2H3;1H;1H3/q+1;;/t13-,14-,15-,16+,17-,18+,20?;;/m1../s1. The van der Waals surface area contributed by atoms with Gasteiger partial charge in [0.15, 0.2) is 0 Å². The maximum Gasteiger partial charge on any atom is 0.316 e. The van der Waals surface area contributed by atoms with Gasteiger partial charge in [0.25, 0.3) is 0 Å².